The Bertz CT molecular complexity index is 887. The maximum absolute atomic E-state index is 12.9. The van der Waals surface area contributed by atoms with E-state index in [2.05, 4.69) is 15.2 Å². The van der Waals surface area contributed by atoms with E-state index in [0.717, 1.165) is 28.8 Å². The lowest BCUT2D eigenvalue weighted by Crippen LogP contribution is -2.36. The van der Waals surface area contributed by atoms with Crippen LogP contribution in [0.2, 0.25) is 0 Å². The standard InChI is InChI=1S/C18H20N4O3/c1-11-12-5-3-4-6-14(12)25-16(11)18(23)22(2)9-15-13(7-8-24-15)17-19-10-20-21-17/h3-6,10,13,15H,7-9H2,1-2H3,(H,19,20,21)/t13-,15-/m1/s1. The van der Waals surface area contributed by atoms with Gasteiger partial charge >= 0.3 is 0 Å². The molecule has 1 amide bonds. The molecule has 0 radical (unpaired) electrons. The number of amides is 1. The molecule has 1 aliphatic heterocycles. The fourth-order valence-electron chi connectivity index (χ4n) is 3.44. The first kappa shape index (κ1) is 15.8. The van der Waals surface area contributed by atoms with Crippen LogP contribution in [0.15, 0.2) is 35.0 Å². The van der Waals surface area contributed by atoms with Gasteiger partial charge in [0, 0.05) is 37.1 Å². The Hall–Kier alpha value is -2.67. The van der Waals surface area contributed by atoms with Crippen molar-refractivity contribution >= 4 is 16.9 Å². The van der Waals surface area contributed by atoms with Gasteiger partial charge in [0.05, 0.1) is 6.10 Å². The summed E-state index contributed by atoms with van der Waals surface area (Å²) < 4.78 is 11.6. The summed E-state index contributed by atoms with van der Waals surface area (Å²) in [5.74, 6) is 1.18. The lowest BCUT2D eigenvalue weighted by atomic mass is 10.0. The van der Waals surface area contributed by atoms with Crippen molar-refractivity contribution in [3.63, 3.8) is 0 Å². The van der Waals surface area contributed by atoms with E-state index >= 15 is 0 Å². The van der Waals surface area contributed by atoms with Crippen LogP contribution in [0.4, 0.5) is 0 Å². The molecule has 0 aliphatic carbocycles. The predicted octanol–water partition coefficient (Wildman–Crippen LogP) is 2.50. The van der Waals surface area contributed by atoms with Crippen LogP contribution in [-0.2, 0) is 4.74 Å². The fourth-order valence-corrected chi connectivity index (χ4v) is 3.44. The fraction of sp³-hybridized carbons (Fsp3) is 0.389. The lowest BCUT2D eigenvalue weighted by Gasteiger charge is -2.23. The molecule has 1 fully saturated rings. The zero-order valence-electron chi connectivity index (χ0n) is 14.2. The Labute approximate surface area is 145 Å². The zero-order chi connectivity index (χ0) is 17.4. The highest BCUT2D eigenvalue weighted by Gasteiger charge is 2.34. The number of aromatic amines is 1. The summed E-state index contributed by atoms with van der Waals surface area (Å²) in [4.78, 5) is 18.7. The Morgan fingerprint density at radius 2 is 2.24 bits per heavy atom. The average molecular weight is 340 g/mol. The van der Waals surface area contributed by atoms with E-state index in [1.165, 1.54) is 6.33 Å². The summed E-state index contributed by atoms with van der Waals surface area (Å²) in [6.45, 7) is 3.04. The van der Waals surface area contributed by atoms with Gasteiger partial charge in [0.15, 0.2) is 5.76 Å². The van der Waals surface area contributed by atoms with E-state index in [0.29, 0.717) is 18.9 Å². The number of carbonyl (C=O) groups is 1. The molecule has 2 aromatic heterocycles. The van der Waals surface area contributed by atoms with E-state index in [1.807, 2.05) is 31.2 Å². The van der Waals surface area contributed by atoms with E-state index in [-0.39, 0.29) is 17.9 Å². The number of rotatable bonds is 4. The van der Waals surface area contributed by atoms with Crippen LogP contribution in [-0.4, -0.2) is 52.3 Å². The van der Waals surface area contributed by atoms with Crippen molar-refractivity contribution in [1.82, 2.24) is 20.1 Å². The number of furan rings is 1. The van der Waals surface area contributed by atoms with Crippen LogP contribution >= 0.6 is 0 Å². The van der Waals surface area contributed by atoms with Gasteiger partial charge in [-0.05, 0) is 19.4 Å². The Morgan fingerprint density at radius 1 is 1.40 bits per heavy atom. The van der Waals surface area contributed by atoms with E-state index in [1.54, 1.807) is 11.9 Å². The Balaban J connectivity index is 1.53. The summed E-state index contributed by atoms with van der Waals surface area (Å²) >= 11 is 0. The molecule has 1 saturated heterocycles. The normalized spacial score (nSPS) is 20.2. The van der Waals surface area contributed by atoms with Crippen molar-refractivity contribution < 1.29 is 13.9 Å². The topological polar surface area (TPSA) is 84.3 Å². The first-order valence-corrected chi connectivity index (χ1v) is 8.35. The summed E-state index contributed by atoms with van der Waals surface area (Å²) in [5, 5.41) is 7.79. The maximum atomic E-state index is 12.9. The second-order valence-corrected chi connectivity index (χ2v) is 6.41. The van der Waals surface area contributed by atoms with Crippen molar-refractivity contribution in [2.24, 2.45) is 0 Å². The van der Waals surface area contributed by atoms with Crippen LogP contribution in [0.25, 0.3) is 11.0 Å². The molecule has 0 saturated carbocycles. The highest BCUT2D eigenvalue weighted by atomic mass is 16.5. The van der Waals surface area contributed by atoms with Crippen LogP contribution in [0.1, 0.15) is 34.3 Å². The van der Waals surface area contributed by atoms with Crippen molar-refractivity contribution in [2.45, 2.75) is 25.4 Å². The molecule has 4 rings (SSSR count). The molecule has 7 nitrogen and oxygen atoms in total. The number of para-hydroxylation sites is 1. The van der Waals surface area contributed by atoms with Crippen molar-refractivity contribution in [3.8, 4) is 0 Å². The largest absolute Gasteiger partial charge is 0.451 e. The molecular weight excluding hydrogens is 320 g/mol. The van der Waals surface area contributed by atoms with E-state index < -0.39 is 0 Å². The summed E-state index contributed by atoms with van der Waals surface area (Å²) in [6.07, 6.45) is 2.26. The number of aryl methyl sites for hydroxylation is 1. The molecule has 25 heavy (non-hydrogen) atoms. The number of fused-ring (bicyclic) bond motifs is 1. The van der Waals surface area contributed by atoms with Crippen molar-refractivity contribution in [2.75, 3.05) is 20.2 Å². The van der Waals surface area contributed by atoms with Gasteiger partial charge in [-0.25, -0.2) is 4.98 Å². The molecule has 1 N–H and O–H groups in total. The summed E-state index contributed by atoms with van der Waals surface area (Å²) in [7, 11) is 1.77. The Kier molecular flexibility index (Phi) is 4.01. The molecule has 0 unspecified atom stereocenters. The number of ether oxygens (including phenoxy) is 1. The molecule has 3 aromatic rings. The minimum absolute atomic E-state index is 0.105. The second kappa shape index (κ2) is 6.33. The summed E-state index contributed by atoms with van der Waals surface area (Å²) in [5.41, 5.74) is 1.60. The van der Waals surface area contributed by atoms with Crippen LogP contribution in [0.3, 0.4) is 0 Å². The number of aromatic nitrogens is 3. The third kappa shape index (κ3) is 2.80. The smallest absolute Gasteiger partial charge is 0.289 e. The van der Waals surface area contributed by atoms with Crippen molar-refractivity contribution in [3.05, 3.63) is 47.7 Å². The molecule has 0 spiro atoms. The average Bonchev–Trinajstić information content (AvgIpc) is 3.34. The van der Waals surface area contributed by atoms with Gasteiger partial charge in [-0.15, -0.1) is 0 Å². The van der Waals surface area contributed by atoms with Crippen LogP contribution in [0, 0.1) is 6.92 Å². The molecule has 3 heterocycles. The SMILES string of the molecule is Cc1c(C(=O)N(C)C[C@H]2OCC[C@H]2c2ncn[nH]2)oc2ccccc12. The van der Waals surface area contributed by atoms with Gasteiger partial charge < -0.3 is 14.1 Å². The van der Waals surface area contributed by atoms with Gasteiger partial charge in [-0.3, -0.25) is 9.89 Å². The molecule has 2 atom stereocenters. The molecule has 1 aromatic carbocycles. The third-order valence-corrected chi connectivity index (χ3v) is 4.83. The number of nitrogens with zero attached hydrogens (tertiary/aromatic N) is 3. The van der Waals surface area contributed by atoms with Crippen molar-refractivity contribution in [1.29, 1.82) is 0 Å². The Morgan fingerprint density at radius 3 is 3.00 bits per heavy atom. The van der Waals surface area contributed by atoms with E-state index in [4.69, 9.17) is 9.15 Å². The minimum Gasteiger partial charge on any atom is -0.451 e. The van der Waals surface area contributed by atoms with Gasteiger partial charge in [0.25, 0.3) is 5.91 Å². The first-order valence-electron chi connectivity index (χ1n) is 8.35. The lowest BCUT2D eigenvalue weighted by molar-refractivity contribution is 0.0529. The maximum Gasteiger partial charge on any atom is 0.289 e. The van der Waals surface area contributed by atoms with Crippen LogP contribution in [0.5, 0.6) is 0 Å². The minimum atomic E-state index is -0.138. The third-order valence-electron chi connectivity index (χ3n) is 4.83. The number of benzene rings is 1. The number of hydrogen-bond acceptors (Lipinski definition) is 5. The van der Waals surface area contributed by atoms with Gasteiger partial charge in [-0.2, -0.15) is 5.10 Å². The monoisotopic (exact) mass is 340 g/mol. The predicted molar refractivity (Wildman–Crippen MR) is 91.4 cm³/mol. The molecule has 0 bridgehead atoms. The highest BCUT2D eigenvalue weighted by Crippen LogP contribution is 2.30. The number of hydrogen-bond donors (Lipinski definition) is 1. The highest BCUT2D eigenvalue weighted by molar-refractivity contribution is 5.98. The second-order valence-electron chi connectivity index (χ2n) is 6.41. The number of likely N-dealkylation sites (N-methyl/N-ethyl adjacent to an activating group) is 1. The molecule has 7 heteroatoms. The number of nitrogens with one attached hydrogen (secondary N) is 1. The molecule has 1 aliphatic rings. The van der Waals surface area contributed by atoms with Crippen LogP contribution < -0.4 is 0 Å². The zero-order valence-corrected chi connectivity index (χ0v) is 14.2. The molecular formula is C18H20N4O3. The number of H-pyrrole nitrogens is 1. The number of carbonyl (C=O) groups excluding carboxylic acids is 1. The van der Waals surface area contributed by atoms with Gasteiger partial charge in [0.1, 0.15) is 17.7 Å². The first-order chi connectivity index (χ1) is 12.1. The van der Waals surface area contributed by atoms with Gasteiger partial charge in [0.2, 0.25) is 0 Å². The van der Waals surface area contributed by atoms with E-state index in [9.17, 15) is 4.79 Å². The summed E-state index contributed by atoms with van der Waals surface area (Å²) in [6, 6.07) is 7.68. The molecule has 130 valence electrons. The van der Waals surface area contributed by atoms with Gasteiger partial charge in [-0.1, -0.05) is 18.2 Å². The quantitative estimate of drug-likeness (QED) is 0.789.